The first-order valence-corrected chi connectivity index (χ1v) is 8.39. The summed E-state index contributed by atoms with van der Waals surface area (Å²) in [4.78, 5) is 26.7. The predicted octanol–water partition coefficient (Wildman–Crippen LogP) is 2.12. The summed E-state index contributed by atoms with van der Waals surface area (Å²) in [5.41, 5.74) is 5.17. The molecule has 1 aliphatic carbocycles. The first-order chi connectivity index (χ1) is 11.4. The molecule has 0 aliphatic heterocycles. The number of likely N-dealkylation sites (N-methyl/N-ethyl adjacent to an activating group) is 1. The maximum absolute atomic E-state index is 13.5. The Morgan fingerprint density at radius 3 is 2.33 bits per heavy atom. The first kappa shape index (κ1) is 18.4. The normalized spacial score (nSPS) is 18.7. The standard InChI is InChI=1S/C18H26FN3O2/c1-22(2)15(13-8-7-9-14(19)12-13)16(23)21-18(17(20)24)10-5-3-4-6-11-18/h7-9,12,15H,3-6,10-11H2,1-2H3,(H2,20,24)(H,21,23)/t15-/m1/s1. The molecule has 3 N–H and O–H groups in total. The Balaban J connectivity index is 2.27. The maximum atomic E-state index is 13.5. The lowest BCUT2D eigenvalue weighted by Gasteiger charge is -2.34. The molecule has 132 valence electrons. The molecule has 2 amide bonds. The molecule has 0 radical (unpaired) electrons. The molecule has 24 heavy (non-hydrogen) atoms. The van der Waals surface area contributed by atoms with Crippen molar-refractivity contribution >= 4 is 11.8 Å². The molecule has 1 atom stereocenters. The van der Waals surface area contributed by atoms with Gasteiger partial charge >= 0.3 is 0 Å². The van der Waals surface area contributed by atoms with E-state index in [-0.39, 0.29) is 5.91 Å². The second kappa shape index (κ2) is 7.75. The highest BCUT2D eigenvalue weighted by Crippen LogP contribution is 2.29. The number of halogens is 1. The number of hydrogen-bond donors (Lipinski definition) is 2. The molecular weight excluding hydrogens is 309 g/mol. The Bertz CT molecular complexity index is 596. The van der Waals surface area contributed by atoms with Gasteiger partial charge in [0.1, 0.15) is 17.4 Å². The highest BCUT2D eigenvalue weighted by atomic mass is 19.1. The van der Waals surface area contributed by atoms with Crippen molar-refractivity contribution in [1.29, 1.82) is 0 Å². The summed E-state index contributed by atoms with van der Waals surface area (Å²) < 4.78 is 13.5. The van der Waals surface area contributed by atoms with Gasteiger partial charge in [-0.25, -0.2) is 4.39 Å². The molecule has 1 aliphatic rings. The van der Waals surface area contributed by atoms with Gasteiger partial charge in [-0.3, -0.25) is 14.5 Å². The van der Waals surface area contributed by atoms with E-state index in [0.29, 0.717) is 18.4 Å². The van der Waals surface area contributed by atoms with Crippen molar-refractivity contribution in [3.05, 3.63) is 35.6 Å². The minimum absolute atomic E-state index is 0.327. The van der Waals surface area contributed by atoms with Gasteiger partial charge in [0.15, 0.2) is 0 Å². The van der Waals surface area contributed by atoms with E-state index in [1.54, 1.807) is 31.1 Å². The third kappa shape index (κ3) is 4.12. The van der Waals surface area contributed by atoms with Crippen molar-refractivity contribution in [2.24, 2.45) is 5.73 Å². The molecule has 0 heterocycles. The van der Waals surface area contributed by atoms with Crippen molar-refractivity contribution in [3.8, 4) is 0 Å². The molecule has 0 aromatic heterocycles. The lowest BCUT2D eigenvalue weighted by Crippen LogP contribution is -2.59. The molecule has 0 saturated heterocycles. The van der Waals surface area contributed by atoms with Crippen LogP contribution in [0.25, 0.3) is 0 Å². The number of amides is 2. The Hall–Kier alpha value is -1.95. The molecule has 1 fully saturated rings. The van der Waals surface area contributed by atoms with Crippen LogP contribution in [0.3, 0.4) is 0 Å². The van der Waals surface area contributed by atoms with E-state index in [9.17, 15) is 14.0 Å². The van der Waals surface area contributed by atoms with Crippen LogP contribution in [-0.4, -0.2) is 36.3 Å². The monoisotopic (exact) mass is 335 g/mol. The number of primary amides is 1. The van der Waals surface area contributed by atoms with Crippen LogP contribution in [-0.2, 0) is 9.59 Å². The van der Waals surface area contributed by atoms with Gasteiger partial charge in [-0.15, -0.1) is 0 Å². The molecule has 0 bridgehead atoms. The average molecular weight is 335 g/mol. The van der Waals surface area contributed by atoms with Gasteiger partial charge in [0.2, 0.25) is 11.8 Å². The van der Waals surface area contributed by atoms with Crippen LogP contribution in [0.2, 0.25) is 0 Å². The smallest absolute Gasteiger partial charge is 0.243 e. The lowest BCUT2D eigenvalue weighted by molar-refractivity contribution is -0.134. The van der Waals surface area contributed by atoms with Gasteiger partial charge in [-0.05, 0) is 44.6 Å². The molecule has 1 saturated carbocycles. The number of nitrogens with two attached hydrogens (primary N) is 1. The van der Waals surface area contributed by atoms with Gasteiger partial charge in [-0.2, -0.15) is 0 Å². The zero-order chi connectivity index (χ0) is 17.7. The van der Waals surface area contributed by atoms with Crippen LogP contribution in [0, 0.1) is 5.82 Å². The highest BCUT2D eigenvalue weighted by Gasteiger charge is 2.40. The van der Waals surface area contributed by atoms with Crippen molar-refractivity contribution in [2.75, 3.05) is 14.1 Å². The maximum Gasteiger partial charge on any atom is 0.243 e. The van der Waals surface area contributed by atoms with Crippen molar-refractivity contribution in [1.82, 2.24) is 10.2 Å². The van der Waals surface area contributed by atoms with Crippen LogP contribution in [0.1, 0.15) is 50.1 Å². The molecule has 0 unspecified atom stereocenters. The first-order valence-electron chi connectivity index (χ1n) is 8.39. The van der Waals surface area contributed by atoms with Crippen molar-refractivity contribution in [3.63, 3.8) is 0 Å². The Morgan fingerprint density at radius 2 is 1.83 bits per heavy atom. The molecule has 5 nitrogen and oxygen atoms in total. The SMILES string of the molecule is CN(C)[C@@H](C(=O)NC1(C(N)=O)CCCCCC1)c1cccc(F)c1. The Labute approximate surface area is 142 Å². The van der Waals surface area contributed by atoms with Crippen LogP contribution < -0.4 is 11.1 Å². The third-order valence-electron chi connectivity index (χ3n) is 4.72. The van der Waals surface area contributed by atoms with E-state index in [1.165, 1.54) is 12.1 Å². The molecule has 0 spiro atoms. The van der Waals surface area contributed by atoms with Crippen LogP contribution in [0.4, 0.5) is 4.39 Å². The summed E-state index contributed by atoms with van der Waals surface area (Å²) in [6.07, 6.45) is 4.89. The van der Waals surface area contributed by atoms with Crippen molar-refractivity contribution < 1.29 is 14.0 Å². The lowest BCUT2D eigenvalue weighted by atomic mass is 9.88. The zero-order valence-corrected chi connectivity index (χ0v) is 14.3. The fraction of sp³-hybridized carbons (Fsp3) is 0.556. The third-order valence-corrected chi connectivity index (χ3v) is 4.72. The largest absolute Gasteiger partial charge is 0.368 e. The topological polar surface area (TPSA) is 75.4 Å². The molecule has 2 rings (SSSR count). The number of carbonyl (C=O) groups excluding carboxylic acids is 2. The van der Waals surface area contributed by atoms with E-state index in [2.05, 4.69) is 5.32 Å². The number of nitrogens with zero attached hydrogens (tertiary/aromatic N) is 1. The molecular formula is C18H26FN3O2. The highest BCUT2D eigenvalue weighted by molar-refractivity contribution is 5.92. The quantitative estimate of drug-likeness (QED) is 0.809. The molecule has 6 heteroatoms. The summed E-state index contributed by atoms with van der Waals surface area (Å²) in [7, 11) is 3.50. The van der Waals surface area contributed by atoms with Gasteiger partial charge in [0, 0.05) is 0 Å². The summed E-state index contributed by atoms with van der Waals surface area (Å²) >= 11 is 0. The van der Waals surface area contributed by atoms with Crippen molar-refractivity contribution in [2.45, 2.75) is 50.1 Å². The fourth-order valence-electron chi connectivity index (χ4n) is 3.43. The van der Waals surface area contributed by atoms with E-state index in [0.717, 1.165) is 25.7 Å². The van der Waals surface area contributed by atoms with Gasteiger partial charge in [0.25, 0.3) is 0 Å². The molecule has 1 aromatic carbocycles. The second-order valence-electron chi connectivity index (χ2n) is 6.77. The minimum atomic E-state index is -1.00. The van der Waals surface area contributed by atoms with E-state index in [4.69, 9.17) is 5.73 Å². The van der Waals surface area contributed by atoms with E-state index >= 15 is 0 Å². The Morgan fingerprint density at radius 1 is 1.21 bits per heavy atom. The van der Waals surface area contributed by atoms with Crippen LogP contribution in [0.15, 0.2) is 24.3 Å². The summed E-state index contributed by atoms with van der Waals surface area (Å²) in [6.45, 7) is 0. The van der Waals surface area contributed by atoms with Crippen LogP contribution >= 0.6 is 0 Å². The summed E-state index contributed by atoms with van der Waals surface area (Å²) in [5, 5.41) is 2.89. The van der Waals surface area contributed by atoms with E-state index in [1.807, 2.05) is 0 Å². The Kier molecular flexibility index (Phi) is 5.94. The van der Waals surface area contributed by atoms with Gasteiger partial charge in [-0.1, -0.05) is 37.8 Å². The fourth-order valence-corrected chi connectivity index (χ4v) is 3.43. The summed E-state index contributed by atoms with van der Waals surface area (Å²) in [6, 6.07) is 5.28. The molecule has 1 aromatic rings. The van der Waals surface area contributed by atoms with Gasteiger partial charge in [0.05, 0.1) is 0 Å². The summed E-state index contributed by atoms with van der Waals surface area (Å²) in [5.74, 6) is -1.22. The average Bonchev–Trinajstić information content (AvgIpc) is 2.73. The number of benzene rings is 1. The number of rotatable bonds is 5. The number of hydrogen-bond acceptors (Lipinski definition) is 3. The minimum Gasteiger partial charge on any atom is -0.368 e. The zero-order valence-electron chi connectivity index (χ0n) is 14.3. The van der Waals surface area contributed by atoms with E-state index < -0.39 is 23.3 Å². The predicted molar refractivity (Wildman–Crippen MR) is 90.6 cm³/mol. The van der Waals surface area contributed by atoms with Crippen LogP contribution in [0.5, 0.6) is 0 Å². The number of carbonyl (C=O) groups is 2. The van der Waals surface area contributed by atoms with Gasteiger partial charge < -0.3 is 11.1 Å². The number of nitrogens with one attached hydrogen (secondary N) is 1. The second-order valence-corrected chi connectivity index (χ2v) is 6.77.